The third kappa shape index (κ3) is 3.81. The second-order valence-electron chi connectivity index (χ2n) is 4.83. The molecule has 2 aromatic heterocycles. The van der Waals surface area contributed by atoms with Gasteiger partial charge in [0.05, 0.1) is 10.2 Å². The number of thiazole rings is 1. The Morgan fingerprint density at radius 3 is 2.32 bits per heavy atom. The van der Waals surface area contributed by atoms with Crippen molar-refractivity contribution in [2.75, 3.05) is 26.2 Å². The molecular formula is C16H17ClN4S. The van der Waals surface area contributed by atoms with Crippen LogP contribution >= 0.6 is 22.9 Å². The summed E-state index contributed by atoms with van der Waals surface area (Å²) in [6, 6.07) is 11.9. The Kier molecular flexibility index (Phi) is 5.34. The van der Waals surface area contributed by atoms with Gasteiger partial charge in [-0.1, -0.05) is 23.7 Å². The highest BCUT2D eigenvalue weighted by atomic mass is 35.5. The molecule has 22 heavy (non-hydrogen) atoms. The number of piperazine rings is 1. The van der Waals surface area contributed by atoms with Crippen molar-refractivity contribution in [3.05, 3.63) is 47.7 Å². The van der Waals surface area contributed by atoms with Gasteiger partial charge in [-0.15, -0.1) is 11.3 Å². The zero-order valence-electron chi connectivity index (χ0n) is 12.1. The summed E-state index contributed by atoms with van der Waals surface area (Å²) < 4.78 is 1.16. The lowest BCUT2D eigenvalue weighted by atomic mass is 10.3. The molecule has 2 N–H and O–H groups in total. The number of rotatable bonds is 1. The largest absolute Gasteiger partial charge is 0.314 e. The van der Waals surface area contributed by atoms with Crippen molar-refractivity contribution in [1.29, 1.82) is 0 Å². The molecule has 0 saturated carbocycles. The van der Waals surface area contributed by atoms with Crippen LogP contribution in [0.25, 0.3) is 20.8 Å². The minimum Gasteiger partial charge on any atom is -0.314 e. The van der Waals surface area contributed by atoms with Crippen molar-refractivity contribution in [1.82, 2.24) is 20.6 Å². The molecule has 0 bridgehead atoms. The van der Waals surface area contributed by atoms with E-state index in [2.05, 4.69) is 26.7 Å². The topological polar surface area (TPSA) is 49.8 Å². The molecule has 1 fully saturated rings. The average molecular weight is 333 g/mol. The second-order valence-corrected chi connectivity index (χ2v) is 6.22. The third-order valence-corrected chi connectivity index (χ3v) is 4.61. The smallest absolute Gasteiger partial charge is 0.139 e. The van der Waals surface area contributed by atoms with Crippen LogP contribution < -0.4 is 10.6 Å². The van der Waals surface area contributed by atoms with E-state index in [0.717, 1.165) is 47.0 Å². The number of para-hydroxylation sites is 1. The maximum absolute atomic E-state index is 6.04. The number of hydrogen-bond acceptors (Lipinski definition) is 5. The molecule has 0 radical (unpaired) electrons. The standard InChI is InChI=1S/C12H7ClN2S.C4H10N2/c13-11-8(4-3-7-14-11)12-15-9-5-1-2-6-10(9)16-12;1-2-6-4-3-5-1/h1-7H;5-6H,1-4H2. The van der Waals surface area contributed by atoms with Gasteiger partial charge in [0.1, 0.15) is 10.2 Å². The number of nitrogens with one attached hydrogen (secondary N) is 2. The van der Waals surface area contributed by atoms with Gasteiger partial charge in [0.2, 0.25) is 0 Å². The molecule has 1 aliphatic rings. The molecule has 1 aromatic carbocycles. The van der Waals surface area contributed by atoms with Crippen LogP contribution in [-0.4, -0.2) is 36.1 Å². The predicted molar refractivity (Wildman–Crippen MR) is 93.6 cm³/mol. The molecule has 0 amide bonds. The summed E-state index contributed by atoms with van der Waals surface area (Å²) in [6.07, 6.45) is 1.68. The fourth-order valence-electron chi connectivity index (χ4n) is 2.14. The zero-order chi connectivity index (χ0) is 15.2. The lowest BCUT2D eigenvalue weighted by molar-refractivity contribution is 0.534. The number of fused-ring (bicyclic) bond motifs is 1. The van der Waals surface area contributed by atoms with Crippen LogP contribution in [0.4, 0.5) is 0 Å². The van der Waals surface area contributed by atoms with Gasteiger partial charge in [0.25, 0.3) is 0 Å². The van der Waals surface area contributed by atoms with E-state index in [4.69, 9.17) is 11.6 Å². The number of nitrogens with zero attached hydrogens (tertiary/aromatic N) is 2. The van der Waals surface area contributed by atoms with Gasteiger partial charge < -0.3 is 10.6 Å². The van der Waals surface area contributed by atoms with Crippen molar-refractivity contribution < 1.29 is 0 Å². The number of pyridine rings is 1. The lowest BCUT2D eigenvalue weighted by Gasteiger charge is -2.11. The van der Waals surface area contributed by atoms with E-state index in [-0.39, 0.29) is 0 Å². The summed E-state index contributed by atoms with van der Waals surface area (Å²) >= 11 is 7.67. The van der Waals surface area contributed by atoms with Gasteiger partial charge >= 0.3 is 0 Å². The van der Waals surface area contributed by atoms with E-state index in [1.807, 2.05) is 30.3 Å². The van der Waals surface area contributed by atoms with Gasteiger partial charge in [-0.2, -0.15) is 0 Å². The molecule has 3 heterocycles. The first-order valence-electron chi connectivity index (χ1n) is 7.22. The average Bonchev–Trinajstić information content (AvgIpc) is 3.01. The molecule has 6 heteroatoms. The molecular weight excluding hydrogens is 316 g/mol. The van der Waals surface area contributed by atoms with Crippen LogP contribution in [-0.2, 0) is 0 Å². The van der Waals surface area contributed by atoms with Gasteiger partial charge in [-0.3, -0.25) is 0 Å². The van der Waals surface area contributed by atoms with Crippen LogP contribution in [0.2, 0.25) is 5.15 Å². The summed E-state index contributed by atoms with van der Waals surface area (Å²) in [5.74, 6) is 0. The molecule has 1 saturated heterocycles. The van der Waals surface area contributed by atoms with Gasteiger partial charge in [-0.05, 0) is 24.3 Å². The number of benzene rings is 1. The van der Waals surface area contributed by atoms with E-state index < -0.39 is 0 Å². The van der Waals surface area contributed by atoms with Crippen molar-refractivity contribution >= 4 is 33.2 Å². The van der Waals surface area contributed by atoms with Gasteiger partial charge in [-0.25, -0.2) is 9.97 Å². The highest BCUT2D eigenvalue weighted by molar-refractivity contribution is 7.21. The fraction of sp³-hybridized carbons (Fsp3) is 0.250. The van der Waals surface area contributed by atoms with E-state index >= 15 is 0 Å². The summed E-state index contributed by atoms with van der Waals surface area (Å²) in [6.45, 7) is 4.56. The molecule has 3 aromatic rings. The number of hydrogen-bond donors (Lipinski definition) is 2. The lowest BCUT2D eigenvalue weighted by Crippen LogP contribution is -2.39. The predicted octanol–water partition coefficient (Wildman–Crippen LogP) is 3.19. The maximum Gasteiger partial charge on any atom is 0.139 e. The highest BCUT2D eigenvalue weighted by Gasteiger charge is 2.09. The first kappa shape index (κ1) is 15.4. The van der Waals surface area contributed by atoms with E-state index in [9.17, 15) is 0 Å². The van der Waals surface area contributed by atoms with Crippen molar-refractivity contribution in [3.8, 4) is 10.6 Å². The summed E-state index contributed by atoms with van der Waals surface area (Å²) in [7, 11) is 0. The van der Waals surface area contributed by atoms with E-state index in [1.54, 1.807) is 17.5 Å². The van der Waals surface area contributed by atoms with Gasteiger partial charge in [0, 0.05) is 37.9 Å². The van der Waals surface area contributed by atoms with Crippen LogP contribution in [0.1, 0.15) is 0 Å². The summed E-state index contributed by atoms with van der Waals surface area (Å²) in [5, 5.41) is 7.86. The normalized spacial score (nSPS) is 14.4. The Morgan fingerprint density at radius 2 is 1.68 bits per heavy atom. The Labute approximate surface area is 138 Å². The molecule has 0 atom stereocenters. The first-order chi connectivity index (χ1) is 10.8. The first-order valence-corrected chi connectivity index (χ1v) is 8.42. The monoisotopic (exact) mass is 332 g/mol. The Balaban J connectivity index is 0.000000202. The molecule has 114 valence electrons. The van der Waals surface area contributed by atoms with Crippen LogP contribution in [0.15, 0.2) is 42.6 Å². The number of aromatic nitrogens is 2. The minimum absolute atomic E-state index is 0.501. The molecule has 4 rings (SSSR count). The Bertz CT molecular complexity index is 695. The SMILES string of the molecule is C1CNCCN1.Clc1ncccc1-c1nc2ccccc2s1. The molecule has 4 nitrogen and oxygen atoms in total. The quantitative estimate of drug-likeness (QED) is 0.672. The Morgan fingerprint density at radius 1 is 0.955 bits per heavy atom. The van der Waals surface area contributed by atoms with Gasteiger partial charge in [0.15, 0.2) is 0 Å². The minimum atomic E-state index is 0.501. The van der Waals surface area contributed by atoms with Crippen molar-refractivity contribution in [2.45, 2.75) is 0 Å². The fourth-order valence-corrected chi connectivity index (χ4v) is 3.39. The molecule has 1 aliphatic heterocycles. The highest BCUT2D eigenvalue weighted by Crippen LogP contribution is 2.32. The van der Waals surface area contributed by atoms with Crippen LogP contribution in [0.3, 0.4) is 0 Å². The summed E-state index contributed by atoms with van der Waals surface area (Å²) in [4.78, 5) is 8.60. The summed E-state index contributed by atoms with van der Waals surface area (Å²) in [5.41, 5.74) is 1.90. The second kappa shape index (κ2) is 7.65. The zero-order valence-corrected chi connectivity index (χ0v) is 13.6. The maximum atomic E-state index is 6.04. The molecule has 0 aliphatic carbocycles. The van der Waals surface area contributed by atoms with E-state index in [0.29, 0.717) is 5.15 Å². The van der Waals surface area contributed by atoms with E-state index in [1.165, 1.54) is 0 Å². The third-order valence-electron chi connectivity index (χ3n) is 3.24. The van der Waals surface area contributed by atoms with Crippen molar-refractivity contribution in [2.24, 2.45) is 0 Å². The van der Waals surface area contributed by atoms with Crippen LogP contribution in [0, 0.1) is 0 Å². The molecule has 0 unspecified atom stereocenters. The molecule has 0 spiro atoms. The van der Waals surface area contributed by atoms with Crippen LogP contribution in [0.5, 0.6) is 0 Å². The number of halogens is 1. The Hall–Kier alpha value is -1.53. The van der Waals surface area contributed by atoms with Crippen molar-refractivity contribution in [3.63, 3.8) is 0 Å².